The van der Waals surface area contributed by atoms with E-state index >= 15 is 0 Å². The van der Waals surface area contributed by atoms with Crippen molar-refractivity contribution in [1.29, 1.82) is 0 Å². The molecule has 6 heteroatoms. The summed E-state index contributed by atoms with van der Waals surface area (Å²) in [5.74, 6) is 0.915. The normalized spacial score (nSPS) is 10.2. The predicted molar refractivity (Wildman–Crippen MR) is 76.7 cm³/mol. The molecular weight excluding hydrogens is 278 g/mol. The second-order valence-electron chi connectivity index (χ2n) is 4.02. The van der Waals surface area contributed by atoms with Crippen LogP contribution in [0, 0.1) is 6.92 Å². The van der Waals surface area contributed by atoms with Crippen LogP contribution in [0.2, 0.25) is 0 Å². The zero-order valence-electron chi connectivity index (χ0n) is 11.7. The van der Waals surface area contributed by atoms with Crippen molar-refractivity contribution in [3.8, 4) is 22.1 Å². The Morgan fingerprint density at radius 1 is 1.10 bits per heavy atom. The van der Waals surface area contributed by atoms with Crippen LogP contribution < -0.4 is 9.47 Å². The Bertz CT molecular complexity index is 614. The van der Waals surface area contributed by atoms with Crippen molar-refractivity contribution < 1.29 is 19.0 Å². The number of benzene rings is 1. The molecule has 0 aliphatic carbocycles. The third-order valence-corrected chi connectivity index (χ3v) is 3.79. The van der Waals surface area contributed by atoms with Crippen LogP contribution in [0.3, 0.4) is 0 Å². The summed E-state index contributed by atoms with van der Waals surface area (Å²) in [7, 11) is 4.52. The molecule has 0 aliphatic rings. The summed E-state index contributed by atoms with van der Waals surface area (Å²) < 4.78 is 15.2. The van der Waals surface area contributed by atoms with E-state index in [1.807, 2.05) is 19.1 Å². The smallest absolute Gasteiger partial charge is 0.357 e. The van der Waals surface area contributed by atoms with Gasteiger partial charge in [-0.3, -0.25) is 0 Å². The molecule has 5 nitrogen and oxygen atoms in total. The van der Waals surface area contributed by atoms with Gasteiger partial charge in [0.2, 0.25) is 0 Å². The lowest BCUT2D eigenvalue weighted by Crippen LogP contribution is -2.03. The molecule has 0 bridgehead atoms. The van der Waals surface area contributed by atoms with E-state index in [4.69, 9.17) is 14.2 Å². The summed E-state index contributed by atoms with van der Waals surface area (Å²) in [6.45, 7) is 1.84. The number of carbonyl (C=O) groups excluding carboxylic acids is 1. The SMILES string of the molecule is COC(=O)c1nc(-c2cc(OC)cc(OC)c2)sc1C. The molecule has 1 aromatic carbocycles. The van der Waals surface area contributed by atoms with Gasteiger partial charge in [-0.1, -0.05) is 0 Å². The first-order chi connectivity index (χ1) is 9.58. The molecule has 20 heavy (non-hydrogen) atoms. The fourth-order valence-electron chi connectivity index (χ4n) is 1.74. The number of thiazole rings is 1. The summed E-state index contributed by atoms with van der Waals surface area (Å²) in [5.41, 5.74) is 1.18. The minimum Gasteiger partial charge on any atom is -0.497 e. The highest BCUT2D eigenvalue weighted by molar-refractivity contribution is 7.15. The van der Waals surface area contributed by atoms with Crippen molar-refractivity contribution in [3.63, 3.8) is 0 Å². The lowest BCUT2D eigenvalue weighted by atomic mass is 10.2. The molecule has 106 valence electrons. The first-order valence-corrected chi connectivity index (χ1v) is 6.70. The van der Waals surface area contributed by atoms with E-state index < -0.39 is 5.97 Å². The highest BCUT2D eigenvalue weighted by Gasteiger charge is 2.17. The molecule has 0 saturated heterocycles. The van der Waals surface area contributed by atoms with Crippen molar-refractivity contribution in [3.05, 3.63) is 28.8 Å². The maximum absolute atomic E-state index is 11.6. The first kappa shape index (κ1) is 14.3. The highest BCUT2D eigenvalue weighted by Crippen LogP contribution is 2.33. The molecule has 0 amide bonds. The molecule has 0 atom stereocenters. The summed E-state index contributed by atoms with van der Waals surface area (Å²) in [4.78, 5) is 16.7. The highest BCUT2D eigenvalue weighted by atomic mass is 32.1. The van der Waals surface area contributed by atoms with Gasteiger partial charge < -0.3 is 14.2 Å². The third kappa shape index (κ3) is 2.75. The van der Waals surface area contributed by atoms with E-state index in [1.54, 1.807) is 20.3 Å². The standard InChI is InChI=1S/C14H15NO4S/c1-8-12(14(16)19-4)15-13(20-8)9-5-10(17-2)7-11(6-9)18-3/h5-7H,1-4H3. The van der Waals surface area contributed by atoms with E-state index in [0.29, 0.717) is 17.2 Å². The maximum atomic E-state index is 11.6. The largest absolute Gasteiger partial charge is 0.497 e. The van der Waals surface area contributed by atoms with Gasteiger partial charge in [-0.15, -0.1) is 11.3 Å². The van der Waals surface area contributed by atoms with E-state index in [0.717, 1.165) is 15.4 Å². The summed E-state index contributed by atoms with van der Waals surface area (Å²) in [5, 5.41) is 0.722. The molecule has 0 aliphatic heterocycles. The van der Waals surface area contributed by atoms with E-state index in [-0.39, 0.29) is 0 Å². The zero-order valence-corrected chi connectivity index (χ0v) is 12.5. The number of methoxy groups -OCH3 is 3. The number of aryl methyl sites for hydroxylation is 1. The fourth-order valence-corrected chi connectivity index (χ4v) is 2.63. The molecular formula is C14H15NO4S. The van der Waals surface area contributed by atoms with Crippen molar-refractivity contribution >= 4 is 17.3 Å². The zero-order chi connectivity index (χ0) is 14.7. The Balaban J connectivity index is 2.48. The number of hydrogen-bond acceptors (Lipinski definition) is 6. The second kappa shape index (κ2) is 5.92. The topological polar surface area (TPSA) is 57.7 Å². The van der Waals surface area contributed by atoms with Gasteiger partial charge in [0.05, 0.1) is 21.3 Å². The molecule has 0 fully saturated rings. The van der Waals surface area contributed by atoms with Gasteiger partial charge in [-0.25, -0.2) is 9.78 Å². The molecule has 0 saturated carbocycles. The van der Waals surface area contributed by atoms with Crippen molar-refractivity contribution in [2.24, 2.45) is 0 Å². The van der Waals surface area contributed by atoms with Gasteiger partial charge in [0.25, 0.3) is 0 Å². The molecule has 0 spiro atoms. The summed E-state index contributed by atoms with van der Waals surface area (Å²) >= 11 is 1.43. The van der Waals surface area contributed by atoms with Crippen LogP contribution in [0.5, 0.6) is 11.5 Å². The number of hydrogen-bond donors (Lipinski definition) is 0. The minimum atomic E-state index is -0.431. The maximum Gasteiger partial charge on any atom is 0.357 e. The quantitative estimate of drug-likeness (QED) is 0.811. The van der Waals surface area contributed by atoms with Crippen molar-refractivity contribution in [2.45, 2.75) is 6.92 Å². The fraction of sp³-hybridized carbons (Fsp3) is 0.286. The van der Waals surface area contributed by atoms with Gasteiger partial charge in [0, 0.05) is 16.5 Å². The van der Waals surface area contributed by atoms with Crippen LogP contribution in [0.25, 0.3) is 10.6 Å². The molecule has 0 N–H and O–H groups in total. The lowest BCUT2D eigenvalue weighted by molar-refractivity contribution is 0.0594. The number of aromatic nitrogens is 1. The van der Waals surface area contributed by atoms with Crippen LogP contribution in [-0.2, 0) is 4.74 Å². The average Bonchev–Trinajstić information content (AvgIpc) is 2.87. The third-order valence-electron chi connectivity index (χ3n) is 2.77. The van der Waals surface area contributed by atoms with Gasteiger partial charge in [0.15, 0.2) is 5.69 Å². The molecule has 1 aromatic heterocycles. The Morgan fingerprint density at radius 3 is 2.20 bits per heavy atom. The monoisotopic (exact) mass is 293 g/mol. The van der Waals surface area contributed by atoms with E-state index in [9.17, 15) is 4.79 Å². The number of esters is 1. The van der Waals surface area contributed by atoms with Gasteiger partial charge >= 0.3 is 5.97 Å². The Labute approximate surface area is 121 Å². The summed E-state index contributed by atoms with van der Waals surface area (Å²) in [6, 6.07) is 5.48. The van der Waals surface area contributed by atoms with Gasteiger partial charge in [-0.05, 0) is 19.1 Å². The molecule has 2 rings (SSSR count). The Kier molecular flexibility index (Phi) is 4.24. The molecule has 0 unspecified atom stereocenters. The molecule has 2 aromatic rings. The molecule has 0 radical (unpaired) electrons. The van der Waals surface area contributed by atoms with Gasteiger partial charge in [0.1, 0.15) is 16.5 Å². The number of ether oxygens (including phenoxy) is 3. The van der Waals surface area contributed by atoms with Gasteiger partial charge in [-0.2, -0.15) is 0 Å². The second-order valence-corrected chi connectivity index (χ2v) is 5.22. The molecule has 1 heterocycles. The van der Waals surface area contributed by atoms with Crippen LogP contribution in [0.4, 0.5) is 0 Å². The van der Waals surface area contributed by atoms with Crippen LogP contribution in [0.15, 0.2) is 18.2 Å². The van der Waals surface area contributed by atoms with E-state index in [2.05, 4.69) is 4.98 Å². The van der Waals surface area contributed by atoms with E-state index in [1.165, 1.54) is 18.4 Å². The van der Waals surface area contributed by atoms with Crippen LogP contribution in [-0.4, -0.2) is 32.3 Å². The number of rotatable bonds is 4. The Morgan fingerprint density at radius 2 is 1.70 bits per heavy atom. The Hall–Kier alpha value is -2.08. The number of nitrogens with zero attached hydrogens (tertiary/aromatic N) is 1. The van der Waals surface area contributed by atoms with Crippen molar-refractivity contribution in [2.75, 3.05) is 21.3 Å². The number of carbonyl (C=O) groups is 1. The van der Waals surface area contributed by atoms with Crippen LogP contribution >= 0.6 is 11.3 Å². The summed E-state index contributed by atoms with van der Waals surface area (Å²) in [6.07, 6.45) is 0. The predicted octanol–water partition coefficient (Wildman–Crippen LogP) is 2.92. The average molecular weight is 293 g/mol. The minimum absolute atomic E-state index is 0.342. The lowest BCUT2D eigenvalue weighted by Gasteiger charge is -2.06. The first-order valence-electron chi connectivity index (χ1n) is 5.88. The van der Waals surface area contributed by atoms with Crippen molar-refractivity contribution in [1.82, 2.24) is 4.98 Å². The van der Waals surface area contributed by atoms with Crippen LogP contribution in [0.1, 0.15) is 15.4 Å².